The quantitative estimate of drug-likeness (QED) is 0.244. The van der Waals surface area contributed by atoms with E-state index in [0.717, 1.165) is 0 Å². The third kappa shape index (κ3) is 7.47. The van der Waals surface area contributed by atoms with Gasteiger partial charge in [-0.1, -0.05) is 23.2 Å². The number of carbonyl (C=O) groups excluding carboxylic acids is 2. The number of nitrogens with one attached hydrogen (secondary N) is 1. The van der Waals surface area contributed by atoms with Crippen molar-refractivity contribution in [3.8, 4) is 23.0 Å². The van der Waals surface area contributed by atoms with Crippen molar-refractivity contribution in [3.05, 3.63) is 34.3 Å². The van der Waals surface area contributed by atoms with E-state index in [1.165, 1.54) is 6.92 Å². The number of nitrogens with zero attached hydrogens (tertiary/aromatic N) is 2. The van der Waals surface area contributed by atoms with Crippen molar-refractivity contribution in [2.75, 3.05) is 31.7 Å². The number of hydrogen-bond acceptors (Lipinski definition) is 8. The van der Waals surface area contributed by atoms with Crippen LogP contribution in [-0.4, -0.2) is 44.2 Å². The van der Waals surface area contributed by atoms with Crippen molar-refractivity contribution < 1.29 is 28.5 Å². The minimum absolute atomic E-state index is 0.148. The van der Waals surface area contributed by atoms with Crippen LogP contribution in [0.4, 0.5) is 11.4 Å². The Morgan fingerprint density at radius 1 is 0.886 bits per heavy atom. The molecule has 0 bridgehead atoms. The third-order valence-electron chi connectivity index (χ3n) is 4.42. The van der Waals surface area contributed by atoms with Gasteiger partial charge in [-0.25, -0.2) is 0 Å². The molecule has 35 heavy (non-hydrogen) atoms. The Labute approximate surface area is 214 Å². The molecule has 1 atom stereocenters. The first-order valence-corrected chi connectivity index (χ1v) is 11.9. The minimum Gasteiger partial charge on any atom is -0.494 e. The highest BCUT2D eigenvalue weighted by atomic mass is 35.5. The number of hydrogen-bond donors (Lipinski definition) is 1. The van der Waals surface area contributed by atoms with Crippen LogP contribution in [0, 0.1) is 0 Å². The Morgan fingerprint density at radius 3 is 2.11 bits per heavy atom. The van der Waals surface area contributed by atoms with Crippen molar-refractivity contribution in [1.82, 2.24) is 0 Å². The van der Waals surface area contributed by atoms with E-state index in [1.807, 2.05) is 13.8 Å². The van der Waals surface area contributed by atoms with E-state index in [0.29, 0.717) is 37.9 Å². The number of azo groups is 1. The molecule has 0 heterocycles. The Kier molecular flexibility index (Phi) is 11.1. The van der Waals surface area contributed by atoms with Gasteiger partial charge in [0.15, 0.2) is 23.0 Å². The van der Waals surface area contributed by atoms with E-state index in [1.54, 1.807) is 38.1 Å². The van der Waals surface area contributed by atoms with Crippen LogP contribution < -0.4 is 24.3 Å². The number of halogens is 2. The number of amides is 1. The van der Waals surface area contributed by atoms with Crippen molar-refractivity contribution in [2.24, 2.45) is 10.2 Å². The molecule has 0 saturated heterocycles. The largest absolute Gasteiger partial charge is 0.494 e. The third-order valence-corrected chi connectivity index (χ3v) is 5.00. The second-order valence-corrected chi connectivity index (χ2v) is 7.77. The Morgan fingerprint density at radius 2 is 1.51 bits per heavy atom. The van der Waals surface area contributed by atoms with Gasteiger partial charge in [-0.15, -0.1) is 5.11 Å². The molecule has 0 aliphatic heterocycles. The molecule has 0 aliphatic carbocycles. The van der Waals surface area contributed by atoms with Gasteiger partial charge in [0.05, 0.1) is 42.2 Å². The highest BCUT2D eigenvalue weighted by molar-refractivity contribution is 6.33. The summed E-state index contributed by atoms with van der Waals surface area (Å²) in [6.07, 6.45) is 0. The molecular formula is C24H29Cl2N3O6. The van der Waals surface area contributed by atoms with Gasteiger partial charge >= 0.3 is 0 Å². The van der Waals surface area contributed by atoms with Crippen LogP contribution in [0.25, 0.3) is 0 Å². The van der Waals surface area contributed by atoms with Crippen molar-refractivity contribution in [3.63, 3.8) is 0 Å². The summed E-state index contributed by atoms with van der Waals surface area (Å²) >= 11 is 12.6. The highest BCUT2D eigenvalue weighted by Gasteiger charge is 2.26. The Balaban J connectivity index is 2.43. The number of anilines is 1. The lowest BCUT2D eigenvalue weighted by Crippen LogP contribution is -2.32. The lowest BCUT2D eigenvalue weighted by Gasteiger charge is -2.17. The van der Waals surface area contributed by atoms with Crippen molar-refractivity contribution in [2.45, 2.75) is 40.7 Å². The van der Waals surface area contributed by atoms with Gasteiger partial charge in [-0.2, -0.15) is 5.11 Å². The molecule has 2 aromatic carbocycles. The second-order valence-electron chi connectivity index (χ2n) is 6.95. The summed E-state index contributed by atoms with van der Waals surface area (Å²) in [5, 5.41) is 11.2. The van der Waals surface area contributed by atoms with Crippen LogP contribution in [0.1, 0.15) is 34.6 Å². The molecule has 2 aromatic rings. The molecule has 11 heteroatoms. The molecule has 0 aromatic heterocycles. The summed E-state index contributed by atoms with van der Waals surface area (Å²) in [7, 11) is 0. The van der Waals surface area contributed by atoms with Crippen LogP contribution >= 0.6 is 23.2 Å². The topological polar surface area (TPSA) is 108 Å². The molecule has 0 saturated carbocycles. The van der Waals surface area contributed by atoms with E-state index >= 15 is 0 Å². The maximum absolute atomic E-state index is 13.1. The minimum atomic E-state index is -1.47. The number of ether oxygens (including phenoxy) is 4. The van der Waals surface area contributed by atoms with E-state index in [4.69, 9.17) is 42.1 Å². The highest BCUT2D eigenvalue weighted by Crippen LogP contribution is 2.43. The lowest BCUT2D eigenvalue weighted by atomic mass is 10.2. The Hall–Kier alpha value is -3.04. The first-order chi connectivity index (χ1) is 16.8. The van der Waals surface area contributed by atoms with Crippen molar-refractivity contribution in [1.29, 1.82) is 0 Å². The predicted molar refractivity (Wildman–Crippen MR) is 135 cm³/mol. The van der Waals surface area contributed by atoms with Gasteiger partial charge in [0, 0.05) is 12.1 Å². The standard InChI is InChI=1S/C24H29Cl2N3O6/c1-6-32-15-12-17(26)22(34-8-3)18(13-15)27-24(31)20(14(5)30)28-29-21-16(25)10-11-19(33-7-2)23(21)35-9-4/h10-13,20H,6-9H2,1-5H3,(H,27,31). The van der Waals surface area contributed by atoms with Crippen LogP contribution in [0.15, 0.2) is 34.5 Å². The summed E-state index contributed by atoms with van der Waals surface area (Å²) < 4.78 is 22.3. The van der Waals surface area contributed by atoms with E-state index in [-0.39, 0.29) is 32.9 Å². The number of rotatable bonds is 13. The number of ketones is 1. The SMILES string of the molecule is CCOc1cc(Cl)c(OCC)c(NC(=O)C(N=Nc2c(Cl)ccc(OCC)c2OCC)C(C)=O)c1. The van der Waals surface area contributed by atoms with Crippen LogP contribution in [0.3, 0.4) is 0 Å². The van der Waals surface area contributed by atoms with Crippen LogP contribution in [0.2, 0.25) is 10.0 Å². The molecule has 2 rings (SSSR count). The fraction of sp³-hybridized carbons (Fsp3) is 0.417. The monoisotopic (exact) mass is 525 g/mol. The summed E-state index contributed by atoms with van der Waals surface area (Å²) in [6, 6.07) is 4.89. The van der Waals surface area contributed by atoms with Gasteiger partial charge < -0.3 is 24.3 Å². The number of carbonyl (C=O) groups is 2. The normalized spacial score (nSPS) is 11.7. The summed E-state index contributed by atoms with van der Waals surface area (Å²) in [6.45, 7) is 9.85. The molecule has 0 spiro atoms. The smallest absolute Gasteiger partial charge is 0.258 e. The first-order valence-electron chi connectivity index (χ1n) is 11.2. The average Bonchev–Trinajstić information content (AvgIpc) is 2.80. The van der Waals surface area contributed by atoms with E-state index < -0.39 is 17.7 Å². The zero-order valence-corrected chi connectivity index (χ0v) is 21.8. The van der Waals surface area contributed by atoms with E-state index in [2.05, 4.69) is 15.5 Å². The molecule has 0 radical (unpaired) electrons. The summed E-state index contributed by atoms with van der Waals surface area (Å²) in [5.41, 5.74) is 0.385. The van der Waals surface area contributed by atoms with Crippen LogP contribution in [-0.2, 0) is 9.59 Å². The average molecular weight is 526 g/mol. The Bertz CT molecular complexity index is 1080. The molecule has 1 amide bonds. The zero-order valence-electron chi connectivity index (χ0n) is 20.3. The van der Waals surface area contributed by atoms with Gasteiger partial charge in [-0.3, -0.25) is 9.59 Å². The summed E-state index contributed by atoms with van der Waals surface area (Å²) in [4.78, 5) is 25.4. The molecular weight excluding hydrogens is 497 g/mol. The fourth-order valence-corrected chi connectivity index (χ4v) is 3.46. The fourth-order valence-electron chi connectivity index (χ4n) is 3.01. The number of benzene rings is 2. The maximum Gasteiger partial charge on any atom is 0.258 e. The molecule has 9 nitrogen and oxygen atoms in total. The first kappa shape index (κ1) is 28.2. The summed E-state index contributed by atoms with van der Waals surface area (Å²) in [5.74, 6) is 0.0890. The van der Waals surface area contributed by atoms with Crippen molar-refractivity contribution >= 4 is 46.3 Å². The van der Waals surface area contributed by atoms with Crippen LogP contribution in [0.5, 0.6) is 23.0 Å². The van der Waals surface area contributed by atoms with Gasteiger partial charge in [-0.05, 0) is 46.8 Å². The maximum atomic E-state index is 13.1. The molecule has 190 valence electrons. The zero-order chi connectivity index (χ0) is 26.0. The molecule has 0 aliphatic rings. The predicted octanol–water partition coefficient (Wildman–Crippen LogP) is 6.27. The van der Waals surface area contributed by atoms with E-state index in [9.17, 15) is 9.59 Å². The van der Waals surface area contributed by atoms with Gasteiger partial charge in [0.1, 0.15) is 11.4 Å². The molecule has 1 unspecified atom stereocenters. The van der Waals surface area contributed by atoms with Gasteiger partial charge in [0.2, 0.25) is 6.04 Å². The van der Waals surface area contributed by atoms with Gasteiger partial charge in [0.25, 0.3) is 5.91 Å². The lowest BCUT2D eigenvalue weighted by molar-refractivity contribution is -0.126. The number of Topliss-reactive ketones (excluding diaryl/α,β-unsaturated/α-hetero) is 1. The molecule has 0 fully saturated rings. The second kappa shape index (κ2) is 13.7. The molecule has 1 N–H and O–H groups in total.